The van der Waals surface area contributed by atoms with E-state index in [1.54, 1.807) is 24.3 Å². The molecule has 2 atom stereocenters. The van der Waals surface area contributed by atoms with Crippen LogP contribution >= 0.6 is 0 Å². The number of hydrogen-bond donors (Lipinski definition) is 3. The van der Waals surface area contributed by atoms with E-state index in [-0.39, 0.29) is 18.1 Å². The zero-order valence-electron chi connectivity index (χ0n) is 13.4. The van der Waals surface area contributed by atoms with Crippen LogP contribution in [0.5, 0.6) is 23.0 Å². The fraction of sp³-hybridized carbons (Fsp3) is 0.333. The quantitative estimate of drug-likeness (QED) is 0.779. The van der Waals surface area contributed by atoms with Gasteiger partial charge in [0.15, 0.2) is 5.79 Å². The van der Waals surface area contributed by atoms with E-state index in [0.717, 1.165) is 6.42 Å². The van der Waals surface area contributed by atoms with Crippen molar-refractivity contribution in [3.05, 3.63) is 48.0 Å². The topological polar surface area (TPSA) is 94.2 Å². The van der Waals surface area contributed by atoms with E-state index in [1.165, 1.54) is 18.2 Å². The molecule has 0 bridgehead atoms. The van der Waals surface area contributed by atoms with Crippen LogP contribution in [0, 0.1) is 0 Å². The van der Waals surface area contributed by atoms with Crippen LogP contribution < -0.4 is 10.5 Å². The summed E-state index contributed by atoms with van der Waals surface area (Å²) < 4.78 is 17.2. The third-order valence-electron chi connectivity index (χ3n) is 3.85. The minimum atomic E-state index is -1.02. The van der Waals surface area contributed by atoms with E-state index in [2.05, 4.69) is 0 Å². The molecule has 4 N–H and O–H groups in total. The van der Waals surface area contributed by atoms with Crippen molar-refractivity contribution in [3.8, 4) is 23.0 Å². The summed E-state index contributed by atoms with van der Waals surface area (Å²) in [5.74, 6) is 0.187. The minimum absolute atomic E-state index is 0.0221. The first-order chi connectivity index (χ1) is 11.5. The lowest BCUT2D eigenvalue weighted by Crippen LogP contribution is -2.30. The zero-order chi connectivity index (χ0) is 17.2. The number of phenolic OH excluding ortho intramolecular Hbond substituents is 2. The molecule has 1 aliphatic heterocycles. The summed E-state index contributed by atoms with van der Waals surface area (Å²) >= 11 is 0. The van der Waals surface area contributed by atoms with Gasteiger partial charge < -0.3 is 30.2 Å². The lowest BCUT2D eigenvalue weighted by Gasteiger charge is -2.28. The molecule has 2 unspecified atom stereocenters. The van der Waals surface area contributed by atoms with E-state index in [1.807, 2.05) is 6.92 Å². The van der Waals surface area contributed by atoms with Crippen LogP contribution in [0.1, 0.15) is 25.3 Å². The highest BCUT2D eigenvalue weighted by atomic mass is 16.8. The van der Waals surface area contributed by atoms with Gasteiger partial charge in [0.1, 0.15) is 29.2 Å². The summed E-state index contributed by atoms with van der Waals surface area (Å²) in [6.07, 6.45) is 0.897. The number of rotatable bonds is 5. The second kappa shape index (κ2) is 6.68. The Kier molecular flexibility index (Phi) is 4.62. The Morgan fingerprint density at radius 3 is 2.46 bits per heavy atom. The predicted molar refractivity (Wildman–Crippen MR) is 87.9 cm³/mol. The summed E-state index contributed by atoms with van der Waals surface area (Å²) in [5, 5.41) is 19.7. The lowest BCUT2D eigenvalue weighted by atomic mass is 9.99. The summed E-state index contributed by atoms with van der Waals surface area (Å²) in [6.45, 7) is 2.29. The van der Waals surface area contributed by atoms with Gasteiger partial charge in [0, 0.05) is 12.5 Å². The molecule has 24 heavy (non-hydrogen) atoms. The maximum atomic E-state index is 10.4. The van der Waals surface area contributed by atoms with Crippen molar-refractivity contribution in [1.82, 2.24) is 0 Å². The van der Waals surface area contributed by atoms with E-state index in [0.29, 0.717) is 23.5 Å². The van der Waals surface area contributed by atoms with Gasteiger partial charge in [-0.25, -0.2) is 0 Å². The number of phenols is 2. The highest BCUT2D eigenvalue weighted by Gasteiger charge is 2.43. The summed E-state index contributed by atoms with van der Waals surface area (Å²) in [5.41, 5.74) is 6.34. The van der Waals surface area contributed by atoms with Crippen molar-refractivity contribution in [2.45, 2.75) is 31.8 Å². The maximum absolute atomic E-state index is 10.4. The molecule has 1 heterocycles. The SMILES string of the molecule is CCCC1(c2ccc(Oc3ccc(O)cc3)cc2O)OCC(N)O1. The van der Waals surface area contributed by atoms with Crippen LogP contribution in [0.3, 0.4) is 0 Å². The fourth-order valence-electron chi connectivity index (χ4n) is 2.81. The van der Waals surface area contributed by atoms with Crippen LogP contribution in [0.2, 0.25) is 0 Å². The Balaban J connectivity index is 1.85. The molecule has 0 radical (unpaired) electrons. The van der Waals surface area contributed by atoms with Gasteiger partial charge in [0.25, 0.3) is 0 Å². The standard InChI is InChI=1S/C18H21NO5/c1-2-9-18(22-11-17(19)24-18)15-8-7-14(10-16(15)21)23-13-5-3-12(20)4-6-13/h3-8,10,17,20-21H,2,9,11,19H2,1H3. The van der Waals surface area contributed by atoms with Gasteiger partial charge in [-0.1, -0.05) is 13.3 Å². The molecule has 6 nitrogen and oxygen atoms in total. The van der Waals surface area contributed by atoms with Crippen molar-refractivity contribution in [3.63, 3.8) is 0 Å². The van der Waals surface area contributed by atoms with Crippen molar-refractivity contribution in [1.29, 1.82) is 0 Å². The number of nitrogens with two attached hydrogens (primary N) is 1. The molecule has 1 saturated heterocycles. The van der Waals surface area contributed by atoms with Gasteiger partial charge in [-0.05, 0) is 36.4 Å². The van der Waals surface area contributed by atoms with E-state index < -0.39 is 12.0 Å². The molecule has 0 saturated carbocycles. The monoisotopic (exact) mass is 331 g/mol. The molecule has 2 aromatic carbocycles. The van der Waals surface area contributed by atoms with Crippen LogP contribution in [0.4, 0.5) is 0 Å². The predicted octanol–water partition coefficient (Wildman–Crippen LogP) is 3.17. The lowest BCUT2D eigenvalue weighted by molar-refractivity contribution is -0.182. The molecule has 128 valence electrons. The van der Waals surface area contributed by atoms with Gasteiger partial charge in [0.2, 0.25) is 0 Å². The van der Waals surface area contributed by atoms with Crippen LogP contribution in [0.15, 0.2) is 42.5 Å². The molecular weight excluding hydrogens is 310 g/mol. The number of benzene rings is 2. The third-order valence-corrected chi connectivity index (χ3v) is 3.85. The molecule has 0 aliphatic carbocycles. The first-order valence-electron chi connectivity index (χ1n) is 7.90. The number of aromatic hydroxyl groups is 2. The van der Waals surface area contributed by atoms with Crippen molar-refractivity contribution in [2.75, 3.05) is 6.61 Å². The second-order valence-corrected chi connectivity index (χ2v) is 5.75. The van der Waals surface area contributed by atoms with Gasteiger partial charge in [0.05, 0.1) is 12.2 Å². The first kappa shape index (κ1) is 16.6. The van der Waals surface area contributed by atoms with E-state index in [4.69, 9.17) is 19.9 Å². The van der Waals surface area contributed by atoms with Crippen LogP contribution in [-0.4, -0.2) is 23.0 Å². The van der Waals surface area contributed by atoms with Crippen molar-refractivity contribution >= 4 is 0 Å². The molecular formula is C18H21NO5. The van der Waals surface area contributed by atoms with Gasteiger partial charge in [-0.3, -0.25) is 0 Å². The summed E-state index contributed by atoms with van der Waals surface area (Å²) in [7, 11) is 0. The first-order valence-corrected chi connectivity index (χ1v) is 7.90. The molecule has 0 spiro atoms. The largest absolute Gasteiger partial charge is 0.508 e. The summed E-state index contributed by atoms with van der Waals surface area (Å²) in [6, 6.07) is 11.3. The zero-order valence-corrected chi connectivity index (χ0v) is 13.4. The Hall–Kier alpha value is -2.28. The maximum Gasteiger partial charge on any atom is 0.200 e. The van der Waals surface area contributed by atoms with E-state index in [9.17, 15) is 10.2 Å². The highest BCUT2D eigenvalue weighted by Crippen LogP contribution is 2.43. The van der Waals surface area contributed by atoms with Gasteiger partial charge >= 0.3 is 0 Å². The molecule has 0 aromatic heterocycles. The molecule has 1 aliphatic rings. The number of hydrogen-bond acceptors (Lipinski definition) is 6. The molecule has 3 rings (SSSR count). The summed E-state index contributed by atoms with van der Waals surface area (Å²) in [4.78, 5) is 0. The minimum Gasteiger partial charge on any atom is -0.508 e. The van der Waals surface area contributed by atoms with Gasteiger partial charge in [-0.2, -0.15) is 0 Å². The number of ether oxygens (including phenoxy) is 3. The van der Waals surface area contributed by atoms with E-state index >= 15 is 0 Å². The fourth-order valence-corrected chi connectivity index (χ4v) is 2.81. The van der Waals surface area contributed by atoms with Gasteiger partial charge in [-0.15, -0.1) is 0 Å². The average Bonchev–Trinajstić information content (AvgIpc) is 2.92. The normalized spacial score (nSPS) is 23.3. The molecule has 0 amide bonds. The smallest absolute Gasteiger partial charge is 0.200 e. The average molecular weight is 331 g/mol. The Morgan fingerprint density at radius 2 is 1.88 bits per heavy atom. The Bertz CT molecular complexity index is 699. The molecule has 6 heteroatoms. The highest BCUT2D eigenvalue weighted by molar-refractivity contribution is 5.44. The molecule has 1 fully saturated rings. The van der Waals surface area contributed by atoms with Crippen LogP contribution in [0.25, 0.3) is 0 Å². The molecule has 2 aromatic rings. The van der Waals surface area contributed by atoms with Crippen molar-refractivity contribution < 1.29 is 24.4 Å². The van der Waals surface area contributed by atoms with Crippen molar-refractivity contribution in [2.24, 2.45) is 5.73 Å². The third kappa shape index (κ3) is 3.31. The Labute approximate surface area is 140 Å². The Morgan fingerprint density at radius 1 is 1.17 bits per heavy atom. The van der Waals surface area contributed by atoms with Crippen LogP contribution in [-0.2, 0) is 15.3 Å². The second-order valence-electron chi connectivity index (χ2n) is 5.75.